The zero-order valence-corrected chi connectivity index (χ0v) is 12.5. The van der Waals surface area contributed by atoms with E-state index in [1.54, 1.807) is 0 Å². The molecule has 0 aliphatic carbocycles. The molecule has 1 heterocycles. The van der Waals surface area contributed by atoms with Crippen LogP contribution in [0.4, 0.5) is 0 Å². The van der Waals surface area contributed by atoms with Gasteiger partial charge in [-0.05, 0) is 26.0 Å². The highest BCUT2D eigenvalue weighted by atomic mass is 16.6. The van der Waals surface area contributed by atoms with Gasteiger partial charge in [-0.25, -0.2) is 0 Å². The summed E-state index contributed by atoms with van der Waals surface area (Å²) in [6.07, 6.45) is 0.902. The van der Waals surface area contributed by atoms with Crippen LogP contribution >= 0.6 is 0 Å². The highest BCUT2D eigenvalue weighted by Crippen LogP contribution is 2.18. The Kier molecular flexibility index (Phi) is 4.78. The van der Waals surface area contributed by atoms with Crippen molar-refractivity contribution in [2.45, 2.75) is 38.9 Å². The molecule has 0 fully saturated rings. The number of hydrogen-bond donors (Lipinski definition) is 1. The summed E-state index contributed by atoms with van der Waals surface area (Å²) >= 11 is 0. The van der Waals surface area contributed by atoms with E-state index in [1.807, 2.05) is 32.0 Å². The maximum absolute atomic E-state index is 9.91. The van der Waals surface area contributed by atoms with Gasteiger partial charge in [0.2, 0.25) is 0 Å². The number of benzene rings is 1. The normalized spacial score (nSPS) is 19.1. The SMILES string of the molecule is CCN(CC1CC(c2ccccc2)=NO1)CC(C)(C)O. The Hall–Kier alpha value is -1.39. The van der Waals surface area contributed by atoms with E-state index in [0.29, 0.717) is 6.54 Å². The predicted octanol–water partition coefficient (Wildman–Crippen LogP) is 2.27. The predicted molar refractivity (Wildman–Crippen MR) is 80.9 cm³/mol. The molecule has 4 nitrogen and oxygen atoms in total. The Morgan fingerprint density at radius 1 is 1.35 bits per heavy atom. The minimum atomic E-state index is -0.683. The van der Waals surface area contributed by atoms with Crippen LogP contribution in [0.15, 0.2) is 35.5 Å². The van der Waals surface area contributed by atoms with E-state index in [4.69, 9.17) is 4.84 Å². The van der Waals surface area contributed by atoms with Crippen LogP contribution in [0.5, 0.6) is 0 Å². The number of aliphatic hydroxyl groups is 1. The molecule has 1 unspecified atom stereocenters. The van der Waals surface area contributed by atoms with Crippen molar-refractivity contribution in [1.82, 2.24) is 4.90 Å². The first-order chi connectivity index (χ1) is 9.48. The van der Waals surface area contributed by atoms with Crippen molar-refractivity contribution >= 4 is 5.71 Å². The average molecular weight is 276 g/mol. The Bertz CT molecular complexity index is 451. The highest BCUT2D eigenvalue weighted by molar-refractivity contribution is 6.01. The van der Waals surface area contributed by atoms with E-state index in [0.717, 1.165) is 30.8 Å². The van der Waals surface area contributed by atoms with Gasteiger partial charge in [-0.1, -0.05) is 42.4 Å². The van der Waals surface area contributed by atoms with Gasteiger partial charge in [0.05, 0.1) is 11.3 Å². The van der Waals surface area contributed by atoms with Gasteiger partial charge in [-0.2, -0.15) is 0 Å². The van der Waals surface area contributed by atoms with Crippen LogP contribution in [0.1, 0.15) is 32.8 Å². The first kappa shape index (κ1) is 15.0. The summed E-state index contributed by atoms with van der Waals surface area (Å²) < 4.78 is 0. The van der Waals surface area contributed by atoms with Crippen LogP contribution in [0, 0.1) is 0 Å². The fourth-order valence-corrected chi connectivity index (χ4v) is 2.47. The molecule has 20 heavy (non-hydrogen) atoms. The monoisotopic (exact) mass is 276 g/mol. The number of rotatable bonds is 6. The van der Waals surface area contributed by atoms with E-state index >= 15 is 0 Å². The van der Waals surface area contributed by atoms with Gasteiger partial charge in [0.15, 0.2) is 0 Å². The van der Waals surface area contributed by atoms with Gasteiger partial charge in [0.25, 0.3) is 0 Å². The molecule has 1 aliphatic heterocycles. The van der Waals surface area contributed by atoms with Crippen molar-refractivity contribution in [3.05, 3.63) is 35.9 Å². The molecule has 0 aromatic heterocycles. The third-order valence-electron chi connectivity index (χ3n) is 3.36. The fraction of sp³-hybridized carbons (Fsp3) is 0.562. The summed E-state index contributed by atoms with van der Waals surface area (Å²) in [5, 5.41) is 14.1. The third-order valence-corrected chi connectivity index (χ3v) is 3.36. The Balaban J connectivity index is 1.88. The molecule has 110 valence electrons. The van der Waals surface area contributed by atoms with Gasteiger partial charge < -0.3 is 9.94 Å². The maximum atomic E-state index is 9.91. The third kappa shape index (κ3) is 4.32. The minimum Gasteiger partial charge on any atom is -0.390 e. The van der Waals surface area contributed by atoms with Gasteiger partial charge >= 0.3 is 0 Å². The Morgan fingerprint density at radius 3 is 2.65 bits per heavy atom. The second-order valence-electron chi connectivity index (χ2n) is 5.98. The van der Waals surface area contributed by atoms with E-state index in [2.05, 4.69) is 29.1 Å². The number of oxime groups is 1. The van der Waals surface area contributed by atoms with Gasteiger partial charge in [-0.15, -0.1) is 0 Å². The van der Waals surface area contributed by atoms with E-state index in [1.165, 1.54) is 0 Å². The molecule has 2 rings (SSSR count). The average Bonchev–Trinajstić information content (AvgIpc) is 2.86. The second-order valence-corrected chi connectivity index (χ2v) is 5.98. The fourth-order valence-electron chi connectivity index (χ4n) is 2.47. The molecule has 0 bridgehead atoms. The zero-order chi connectivity index (χ0) is 14.6. The van der Waals surface area contributed by atoms with Crippen molar-refractivity contribution < 1.29 is 9.94 Å². The van der Waals surface area contributed by atoms with Crippen molar-refractivity contribution in [2.75, 3.05) is 19.6 Å². The lowest BCUT2D eigenvalue weighted by molar-refractivity contribution is 0.00699. The molecule has 1 aliphatic rings. The van der Waals surface area contributed by atoms with Gasteiger partial charge in [-0.3, -0.25) is 4.90 Å². The summed E-state index contributed by atoms with van der Waals surface area (Å²) in [5.41, 5.74) is 1.45. The molecule has 0 saturated carbocycles. The lowest BCUT2D eigenvalue weighted by atomic mass is 10.0. The molecular weight excluding hydrogens is 252 g/mol. The molecule has 1 aromatic rings. The van der Waals surface area contributed by atoms with Crippen LogP contribution in [0.3, 0.4) is 0 Å². The van der Waals surface area contributed by atoms with Crippen molar-refractivity contribution in [3.8, 4) is 0 Å². The van der Waals surface area contributed by atoms with Crippen LogP contribution < -0.4 is 0 Å². The quantitative estimate of drug-likeness (QED) is 0.867. The van der Waals surface area contributed by atoms with Crippen LogP contribution in [0.2, 0.25) is 0 Å². The zero-order valence-electron chi connectivity index (χ0n) is 12.5. The molecule has 0 amide bonds. The molecular formula is C16H24N2O2. The molecule has 1 aromatic carbocycles. The van der Waals surface area contributed by atoms with Crippen LogP contribution in [-0.2, 0) is 4.84 Å². The summed E-state index contributed by atoms with van der Waals surface area (Å²) in [6, 6.07) is 10.1. The molecule has 1 N–H and O–H groups in total. The summed E-state index contributed by atoms with van der Waals surface area (Å²) in [4.78, 5) is 7.73. The topological polar surface area (TPSA) is 45.1 Å². The molecule has 4 heteroatoms. The summed E-state index contributed by atoms with van der Waals surface area (Å²) in [7, 11) is 0. The maximum Gasteiger partial charge on any atom is 0.145 e. The van der Waals surface area contributed by atoms with E-state index < -0.39 is 5.60 Å². The van der Waals surface area contributed by atoms with Crippen molar-refractivity contribution in [3.63, 3.8) is 0 Å². The number of likely N-dealkylation sites (N-methyl/N-ethyl adjacent to an activating group) is 1. The Labute approximate surface area is 121 Å². The molecule has 0 saturated heterocycles. The summed E-state index contributed by atoms with van der Waals surface area (Å²) in [5.74, 6) is 0. The minimum absolute atomic E-state index is 0.0764. The van der Waals surface area contributed by atoms with Gasteiger partial charge in [0.1, 0.15) is 6.10 Å². The van der Waals surface area contributed by atoms with Crippen molar-refractivity contribution in [1.29, 1.82) is 0 Å². The second kappa shape index (κ2) is 6.37. The van der Waals surface area contributed by atoms with Crippen molar-refractivity contribution in [2.24, 2.45) is 5.16 Å². The largest absolute Gasteiger partial charge is 0.390 e. The number of nitrogens with zero attached hydrogens (tertiary/aromatic N) is 2. The molecule has 0 radical (unpaired) electrons. The van der Waals surface area contributed by atoms with Crippen LogP contribution in [-0.4, -0.2) is 47.1 Å². The Morgan fingerprint density at radius 2 is 2.05 bits per heavy atom. The molecule has 1 atom stereocenters. The lowest BCUT2D eigenvalue weighted by Gasteiger charge is -2.29. The standard InChI is InChI=1S/C16H24N2O2/c1-4-18(12-16(2,3)19)11-14-10-15(17-20-14)13-8-6-5-7-9-13/h5-9,14,19H,4,10-12H2,1-3H3. The smallest absolute Gasteiger partial charge is 0.145 e. The van der Waals surface area contributed by atoms with E-state index in [9.17, 15) is 5.11 Å². The summed E-state index contributed by atoms with van der Waals surface area (Å²) in [6.45, 7) is 8.09. The van der Waals surface area contributed by atoms with E-state index in [-0.39, 0.29) is 6.10 Å². The first-order valence-corrected chi connectivity index (χ1v) is 7.21. The molecule has 0 spiro atoms. The van der Waals surface area contributed by atoms with Crippen LogP contribution in [0.25, 0.3) is 0 Å². The first-order valence-electron chi connectivity index (χ1n) is 7.21. The number of hydrogen-bond acceptors (Lipinski definition) is 4. The highest BCUT2D eigenvalue weighted by Gasteiger charge is 2.26. The lowest BCUT2D eigenvalue weighted by Crippen LogP contribution is -2.42. The van der Waals surface area contributed by atoms with Gasteiger partial charge in [0, 0.05) is 19.5 Å².